The number of hydrogen-bond donors (Lipinski definition) is 4. The number of carbonyl (C=O) groups is 1. The van der Waals surface area contributed by atoms with Crippen molar-refractivity contribution in [2.45, 2.75) is 37.8 Å². The average Bonchev–Trinajstić information content (AvgIpc) is 2.66. The van der Waals surface area contributed by atoms with E-state index in [9.17, 15) is 9.18 Å². The number of halogens is 1. The molecule has 2 heterocycles. The van der Waals surface area contributed by atoms with Crippen LogP contribution in [0.4, 0.5) is 21.7 Å². The molecular formula is C18H23FN6O2. The van der Waals surface area contributed by atoms with Crippen molar-refractivity contribution in [3.05, 3.63) is 35.8 Å². The Kier molecular flexibility index (Phi) is 5.70. The van der Waals surface area contributed by atoms with E-state index in [1.54, 1.807) is 12.1 Å². The maximum absolute atomic E-state index is 14.5. The monoisotopic (exact) mass is 374 g/mol. The number of amides is 1. The number of anilines is 3. The predicted molar refractivity (Wildman–Crippen MR) is 101 cm³/mol. The fourth-order valence-electron chi connectivity index (χ4n) is 3.12. The van der Waals surface area contributed by atoms with Crippen LogP contribution < -0.4 is 26.8 Å². The summed E-state index contributed by atoms with van der Waals surface area (Å²) in [6.07, 6.45) is 5.33. The predicted octanol–water partition coefficient (Wildman–Crippen LogP) is 2.15. The summed E-state index contributed by atoms with van der Waals surface area (Å²) in [7, 11) is 1.49. The number of nitrogens with one attached hydrogen (secondary N) is 2. The number of primary amides is 1. The Bertz CT molecular complexity index is 831. The van der Waals surface area contributed by atoms with E-state index >= 15 is 0 Å². The summed E-state index contributed by atoms with van der Waals surface area (Å²) < 4.78 is 19.6. The fraction of sp³-hybridized carbons (Fsp3) is 0.389. The van der Waals surface area contributed by atoms with Crippen LogP contribution in [0.25, 0.3) is 0 Å². The Balaban J connectivity index is 1.91. The average molecular weight is 374 g/mol. The van der Waals surface area contributed by atoms with E-state index in [2.05, 4.69) is 20.6 Å². The Morgan fingerprint density at radius 1 is 1.30 bits per heavy atom. The molecule has 1 saturated carbocycles. The van der Waals surface area contributed by atoms with E-state index in [0.717, 1.165) is 31.7 Å². The second kappa shape index (κ2) is 8.17. The normalized spacial score (nSPS) is 19.4. The number of methoxy groups -OCH3 is 1. The van der Waals surface area contributed by atoms with Gasteiger partial charge in [-0.25, -0.2) is 14.4 Å². The third-order valence-electron chi connectivity index (χ3n) is 4.59. The third kappa shape index (κ3) is 4.43. The van der Waals surface area contributed by atoms with Gasteiger partial charge in [0.2, 0.25) is 5.88 Å². The molecule has 0 radical (unpaired) electrons. The van der Waals surface area contributed by atoms with Gasteiger partial charge in [-0.2, -0.15) is 0 Å². The highest BCUT2D eigenvalue weighted by molar-refractivity contribution is 5.98. The van der Waals surface area contributed by atoms with E-state index < -0.39 is 11.7 Å². The number of nitrogens with two attached hydrogens (primary N) is 2. The molecule has 144 valence electrons. The van der Waals surface area contributed by atoms with E-state index in [0.29, 0.717) is 11.6 Å². The molecule has 27 heavy (non-hydrogen) atoms. The summed E-state index contributed by atoms with van der Waals surface area (Å²) >= 11 is 0. The van der Waals surface area contributed by atoms with Crippen LogP contribution in [0.5, 0.6) is 5.88 Å². The van der Waals surface area contributed by atoms with Crippen LogP contribution >= 0.6 is 0 Å². The highest BCUT2D eigenvalue weighted by atomic mass is 19.1. The van der Waals surface area contributed by atoms with E-state index in [4.69, 9.17) is 16.2 Å². The molecule has 0 aliphatic heterocycles. The Hall–Kier alpha value is -2.94. The van der Waals surface area contributed by atoms with Crippen LogP contribution in [-0.2, 0) is 0 Å². The van der Waals surface area contributed by atoms with E-state index in [-0.39, 0.29) is 29.3 Å². The first-order valence-electron chi connectivity index (χ1n) is 8.77. The number of pyridine rings is 2. The molecule has 0 unspecified atom stereocenters. The molecule has 1 aliphatic carbocycles. The van der Waals surface area contributed by atoms with Crippen LogP contribution in [-0.4, -0.2) is 35.1 Å². The van der Waals surface area contributed by atoms with Gasteiger partial charge in [-0.15, -0.1) is 0 Å². The minimum Gasteiger partial charge on any atom is -0.481 e. The number of nitrogens with zero attached hydrogens (tertiary/aromatic N) is 2. The van der Waals surface area contributed by atoms with Gasteiger partial charge in [-0.1, -0.05) is 12.8 Å². The second-order valence-electron chi connectivity index (χ2n) is 6.49. The first-order chi connectivity index (χ1) is 13.0. The lowest BCUT2D eigenvalue weighted by Gasteiger charge is -2.30. The standard InChI is InChI=1S/C18H23FN6O2/c1-27-15-8-10(6-7-22-15)23-17-11(16(21)26)9-12(19)18(25-17)24-14-5-3-2-4-13(14)20/h6-9,13-14H,2-5,20H2,1H3,(H2,21,26)(H2,22,23,24,25)/t13-,14+/m0/s1. The van der Waals surface area contributed by atoms with Crippen LogP contribution in [0.3, 0.4) is 0 Å². The highest BCUT2D eigenvalue weighted by Gasteiger charge is 2.24. The van der Waals surface area contributed by atoms with Crippen molar-refractivity contribution in [1.82, 2.24) is 9.97 Å². The van der Waals surface area contributed by atoms with Gasteiger partial charge in [0, 0.05) is 30.0 Å². The molecule has 0 spiro atoms. The van der Waals surface area contributed by atoms with Crippen molar-refractivity contribution in [2.75, 3.05) is 17.7 Å². The van der Waals surface area contributed by atoms with Crippen molar-refractivity contribution in [3.8, 4) is 5.88 Å². The zero-order valence-corrected chi connectivity index (χ0v) is 15.0. The molecule has 0 aromatic carbocycles. The summed E-state index contributed by atoms with van der Waals surface area (Å²) in [5, 5.41) is 6.05. The Morgan fingerprint density at radius 3 is 2.78 bits per heavy atom. The first kappa shape index (κ1) is 18.8. The van der Waals surface area contributed by atoms with Gasteiger partial charge in [0.1, 0.15) is 5.82 Å². The molecule has 9 heteroatoms. The number of ether oxygens (including phenoxy) is 1. The molecule has 1 fully saturated rings. The van der Waals surface area contributed by atoms with Crippen molar-refractivity contribution in [3.63, 3.8) is 0 Å². The van der Waals surface area contributed by atoms with E-state index in [1.807, 2.05) is 0 Å². The number of carbonyl (C=O) groups excluding carboxylic acids is 1. The summed E-state index contributed by atoms with van der Waals surface area (Å²) in [6.45, 7) is 0. The maximum atomic E-state index is 14.5. The Labute approximate surface area is 156 Å². The van der Waals surface area contributed by atoms with Gasteiger partial charge in [-0.3, -0.25) is 4.79 Å². The molecule has 0 bridgehead atoms. The molecule has 2 aromatic rings. The van der Waals surface area contributed by atoms with Crippen molar-refractivity contribution in [1.29, 1.82) is 0 Å². The maximum Gasteiger partial charge on any atom is 0.252 e. The van der Waals surface area contributed by atoms with Crippen molar-refractivity contribution < 1.29 is 13.9 Å². The zero-order valence-electron chi connectivity index (χ0n) is 15.0. The van der Waals surface area contributed by atoms with Crippen LogP contribution in [0.2, 0.25) is 0 Å². The van der Waals surface area contributed by atoms with Gasteiger partial charge in [0.15, 0.2) is 11.6 Å². The molecule has 8 nitrogen and oxygen atoms in total. The lowest BCUT2D eigenvalue weighted by atomic mass is 9.91. The molecule has 2 atom stereocenters. The van der Waals surface area contributed by atoms with Gasteiger partial charge in [0.25, 0.3) is 5.91 Å². The molecule has 1 aliphatic rings. The molecule has 3 rings (SSSR count). The van der Waals surface area contributed by atoms with Crippen molar-refractivity contribution >= 4 is 23.2 Å². The lowest BCUT2D eigenvalue weighted by molar-refractivity contribution is 0.100. The smallest absolute Gasteiger partial charge is 0.252 e. The zero-order chi connectivity index (χ0) is 19.4. The van der Waals surface area contributed by atoms with Gasteiger partial charge >= 0.3 is 0 Å². The largest absolute Gasteiger partial charge is 0.481 e. The van der Waals surface area contributed by atoms with E-state index in [1.165, 1.54) is 13.3 Å². The second-order valence-corrected chi connectivity index (χ2v) is 6.49. The molecular weight excluding hydrogens is 351 g/mol. The lowest BCUT2D eigenvalue weighted by Crippen LogP contribution is -2.43. The molecule has 6 N–H and O–H groups in total. The summed E-state index contributed by atoms with van der Waals surface area (Å²) in [6, 6.07) is 4.22. The van der Waals surface area contributed by atoms with Crippen LogP contribution in [0, 0.1) is 5.82 Å². The fourth-order valence-corrected chi connectivity index (χ4v) is 3.12. The summed E-state index contributed by atoms with van der Waals surface area (Å²) in [5.74, 6) is -0.880. The topological polar surface area (TPSA) is 128 Å². The van der Waals surface area contributed by atoms with Crippen molar-refractivity contribution in [2.24, 2.45) is 11.5 Å². The number of aromatic nitrogens is 2. The number of hydrogen-bond acceptors (Lipinski definition) is 7. The third-order valence-corrected chi connectivity index (χ3v) is 4.59. The van der Waals surface area contributed by atoms with Gasteiger partial charge < -0.3 is 26.8 Å². The molecule has 1 amide bonds. The molecule has 0 saturated heterocycles. The first-order valence-corrected chi connectivity index (χ1v) is 8.77. The molecule has 2 aromatic heterocycles. The highest BCUT2D eigenvalue weighted by Crippen LogP contribution is 2.27. The summed E-state index contributed by atoms with van der Waals surface area (Å²) in [4.78, 5) is 20.0. The minimum absolute atomic E-state index is 0.0332. The SMILES string of the molecule is COc1cc(Nc2nc(N[C@@H]3CCCC[C@@H]3N)c(F)cc2C(N)=O)ccn1. The van der Waals surface area contributed by atoms with Crippen LogP contribution in [0.15, 0.2) is 24.4 Å². The number of rotatable bonds is 6. The Morgan fingerprint density at radius 2 is 2.07 bits per heavy atom. The summed E-state index contributed by atoms with van der Waals surface area (Å²) in [5.41, 5.74) is 12.0. The van der Waals surface area contributed by atoms with Gasteiger partial charge in [-0.05, 0) is 25.0 Å². The van der Waals surface area contributed by atoms with Gasteiger partial charge in [0.05, 0.1) is 12.7 Å². The quantitative estimate of drug-likeness (QED) is 0.610. The van der Waals surface area contributed by atoms with Crippen LogP contribution in [0.1, 0.15) is 36.0 Å². The minimum atomic E-state index is -0.786.